The summed E-state index contributed by atoms with van der Waals surface area (Å²) in [5.74, 6) is 4.06. The van der Waals surface area contributed by atoms with Crippen molar-refractivity contribution < 1.29 is 0 Å². The molecule has 0 rings (SSSR count). The minimum Gasteiger partial charge on any atom is -0.0628 e. The first kappa shape index (κ1) is 11.0. The molecule has 0 amide bonds. The molecule has 0 aromatic rings. The van der Waals surface area contributed by atoms with Gasteiger partial charge in [-0.2, -0.15) is 0 Å². The first-order valence-corrected chi connectivity index (χ1v) is 4.80. The SMILES string of the molecule is CC(C)C[C](C(C)C)C(C)C. The fourth-order valence-electron chi connectivity index (χ4n) is 1.61. The van der Waals surface area contributed by atoms with Gasteiger partial charge < -0.3 is 0 Å². The predicted octanol–water partition coefficient (Wildman–Crippen LogP) is 3.92. The molecule has 1 radical (unpaired) electrons. The van der Waals surface area contributed by atoms with E-state index in [0.29, 0.717) is 0 Å². The molecule has 0 aromatic carbocycles. The molecule has 0 heterocycles. The van der Waals surface area contributed by atoms with Gasteiger partial charge in [0.15, 0.2) is 0 Å². The Bertz CT molecular complexity index is 82.2. The van der Waals surface area contributed by atoms with E-state index in [2.05, 4.69) is 41.5 Å². The topological polar surface area (TPSA) is 0 Å². The van der Waals surface area contributed by atoms with Gasteiger partial charge in [0.2, 0.25) is 0 Å². The van der Waals surface area contributed by atoms with Crippen molar-refractivity contribution in [3.05, 3.63) is 5.92 Å². The van der Waals surface area contributed by atoms with E-state index in [4.69, 9.17) is 0 Å². The van der Waals surface area contributed by atoms with Gasteiger partial charge in [0.25, 0.3) is 0 Å². The number of hydrogen-bond donors (Lipinski definition) is 0. The second kappa shape index (κ2) is 4.79. The van der Waals surface area contributed by atoms with Gasteiger partial charge in [0.1, 0.15) is 0 Å². The quantitative estimate of drug-likeness (QED) is 0.577. The van der Waals surface area contributed by atoms with Crippen LogP contribution in [0.3, 0.4) is 0 Å². The van der Waals surface area contributed by atoms with E-state index in [1.807, 2.05) is 0 Å². The summed E-state index contributed by atoms with van der Waals surface area (Å²) in [7, 11) is 0. The monoisotopic (exact) mass is 155 g/mol. The molecular formula is C11H23. The highest BCUT2D eigenvalue weighted by molar-refractivity contribution is 4.96. The van der Waals surface area contributed by atoms with E-state index in [-0.39, 0.29) is 0 Å². The highest BCUT2D eigenvalue weighted by Crippen LogP contribution is 2.29. The molecule has 0 heteroatoms. The molecular weight excluding hydrogens is 132 g/mol. The van der Waals surface area contributed by atoms with Crippen LogP contribution in [0, 0.1) is 23.7 Å². The summed E-state index contributed by atoms with van der Waals surface area (Å²) in [5.41, 5.74) is 0. The predicted molar refractivity (Wildman–Crippen MR) is 52.4 cm³/mol. The van der Waals surface area contributed by atoms with Gasteiger partial charge in [-0.3, -0.25) is 0 Å². The minimum absolute atomic E-state index is 0.761. The van der Waals surface area contributed by atoms with Gasteiger partial charge in [-0.15, -0.1) is 0 Å². The second-order valence-electron chi connectivity index (χ2n) is 4.48. The van der Waals surface area contributed by atoms with Crippen molar-refractivity contribution in [2.24, 2.45) is 17.8 Å². The molecule has 0 bridgehead atoms. The lowest BCUT2D eigenvalue weighted by atomic mass is 9.80. The Morgan fingerprint density at radius 3 is 1.27 bits per heavy atom. The van der Waals surface area contributed by atoms with Gasteiger partial charge in [0, 0.05) is 0 Å². The van der Waals surface area contributed by atoms with Crippen LogP contribution < -0.4 is 0 Å². The third kappa shape index (κ3) is 4.44. The molecule has 0 aliphatic rings. The summed E-state index contributed by atoms with van der Waals surface area (Å²) in [5, 5.41) is 0. The van der Waals surface area contributed by atoms with E-state index in [0.717, 1.165) is 17.8 Å². The summed E-state index contributed by atoms with van der Waals surface area (Å²) >= 11 is 0. The second-order valence-corrected chi connectivity index (χ2v) is 4.48. The summed E-state index contributed by atoms with van der Waals surface area (Å²) in [4.78, 5) is 0. The molecule has 0 atom stereocenters. The fraction of sp³-hybridized carbons (Fsp3) is 0.909. The molecule has 0 spiro atoms. The van der Waals surface area contributed by atoms with Crippen LogP contribution in [-0.4, -0.2) is 0 Å². The lowest BCUT2D eigenvalue weighted by Crippen LogP contribution is -2.15. The third-order valence-corrected chi connectivity index (χ3v) is 2.13. The minimum atomic E-state index is 0.761. The average Bonchev–Trinajstić information content (AvgIpc) is 1.81. The molecule has 0 nitrogen and oxygen atoms in total. The van der Waals surface area contributed by atoms with Crippen LogP contribution in [-0.2, 0) is 0 Å². The van der Waals surface area contributed by atoms with Crippen LogP contribution in [0.4, 0.5) is 0 Å². The molecule has 0 aromatic heterocycles. The average molecular weight is 155 g/mol. The van der Waals surface area contributed by atoms with Crippen LogP contribution in [0.1, 0.15) is 48.0 Å². The van der Waals surface area contributed by atoms with Crippen LogP contribution >= 0.6 is 0 Å². The van der Waals surface area contributed by atoms with Crippen LogP contribution in [0.5, 0.6) is 0 Å². The Morgan fingerprint density at radius 1 is 0.818 bits per heavy atom. The molecule has 0 saturated heterocycles. The molecule has 0 N–H and O–H groups in total. The maximum Gasteiger partial charge on any atom is -0.0187 e. The summed E-state index contributed by atoms with van der Waals surface area (Å²) in [6, 6.07) is 0. The zero-order valence-corrected chi connectivity index (χ0v) is 8.94. The standard InChI is InChI=1S/C11H23/c1-8(2)7-11(9(3)4)10(5)6/h8-10H,7H2,1-6H3. The van der Waals surface area contributed by atoms with Gasteiger partial charge >= 0.3 is 0 Å². The first-order chi connectivity index (χ1) is 4.95. The lowest BCUT2D eigenvalue weighted by molar-refractivity contribution is 0.429. The highest BCUT2D eigenvalue weighted by Gasteiger charge is 2.18. The maximum atomic E-state index is 2.30. The Balaban J connectivity index is 3.90. The fourth-order valence-corrected chi connectivity index (χ4v) is 1.61. The van der Waals surface area contributed by atoms with E-state index in [1.54, 1.807) is 5.92 Å². The van der Waals surface area contributed by atoms with Crippen molar-refractivity contribution in [3.8, 4) is 0 Å². The van der Waals surface area contributed by atoms with E-state index < -0.39 is 0 Å². The number of rotatable bonds is 4. The Morgan fingerprint density at radius 2 is 1.18 bits per heavy atom. The zero-order chi connectivity index (χ0) is 9.02. The van der Waals surface area contributed by atoms with Crippen LogP contribution in [0.25, 0.3) is 0 Å². The third-order valence-electron chi connectivity index (χ3n) is 2.13. The first-order valence-electron chi connectivity index (χ1n) is 4.80. The van der Waals surface area contributed by atoms with Crippen molar-refractivity contribution in [1.82, 2.24) is 0 Å². The zero-order valence-electron chi connectivity index (χ0n) is 8.94. The van der Waals surface area contributed by atoms with Crippen LogP contribution in [0.15, 0.2) is 0 Å². The lowest BCUT2D eigenvalue weighted by Gasteiger charge is -2.25. The van der Waals surface area contributed by atoms with Crippen molar-refractivity contribution in [2.75, 3.05) is 0 Å². The Hall–Kier alpha value is 0. The largest absolute Gasteiger partial charge is 0.0628 e. The smallest absolute Gasteiger partial charge is 0.0187 e. The molecule has 0 fully saturated rings. The van der Waals surface area contributed by atoms with Crippen molar-refractivity contribution in [2.45, 2.75) is 48.0 Å². The van der Waals surface area contributed by atoms with Crippen molar-refractivity contribution >= 4 is 0 Å². The van der Waals surface area contributed by atoms with Gasteiger partial charge in [-0.1, -0.05) is 41.5 Å². The molecule has 0 saturated carbocycles. The van der Waals surface area contributed by atoms with E-state index in [1.165, 1.54) is 6.42 Å². The molecule has 0 unspecified atom stereocenters. The molecule has 11 heavy (non-hydrogen) atoms. The molecule has 0 aliphatic heterocycles. The Kier molecular flexibility index (Phi) is 4.79. The van der Waals surface area contributed by atoms with Gasteiger partial charge in [-0.25, -0.2) is 0 Å². The van der Waals surface area contributed by atoms with Crippen LogP contribution in [0.2, 0.25) is 0 Å². The molecule has 67 valence electrons. The molecule has 0 aliphatic carbocycles. The van der Waals surface area contributed by atoms with E-state index >= 15 is 0 Å². The normalized spacial score (nSPS) is 12.5. The Labute approximate surface area is 72.4 Å². The van der Waals surface area contributed by atoms with E-state index in [9.17, 15) is 0 Å². The van der Waals surface area contributed by atoms with Crippen molar-refractivity contribution in [3.63, 3.8) is 0 Å². The summed E-state index contributed by atoms with van der Waals surface area (Å²) in [6.45, 7) is 13.8. The van der Waals surface area contributed by atoms with Gasteiger partial charge in [-0.05, 0) is 30.1 Å². The van der Waals surface area contributed by atoms with Gasteiger partial charge in [0.05, 0.1) is 0 Å². The number of hydrogen-bond acceptors (Lipinski definition) is 0. The van der Waals surface area contributed by atoms with Crippen molar-refractivity contribution in [1.29, 1.82) is 0 Å². The summed E-state index contributed by atoms with van der Waals surface area (Å²) < 4.78 is 0. The maximum absolute atomic E-state index is 2.30. The highest BCUT2D eigenvalue weighted by atomic mass is 14.2. The summed E-state index contributed by atoms with van der Waals surface area (Å²) in [6.07, 6.45) is 1.30.